The number of amides is 1. The molecule has 4 heteroatoms. The van der Waals surface area contributed by atoms with Crippen molar-refractivity contribution in [3.05, 3.63) is 0 Å². The third-order valence-electron chi connectivity index (χ3n) is 5.03. The van der Waals surface area contributed by atoms with E-state index in [4.69, 9.17) is 0 Å². The van der Waals surface area contributed by atoms with Gasteiger partial charge in [0.1, 0.15) is 5.54 Å². The van der Waals surface area contributed by atoms with Crippen molar-refractivity contribution >= 4 is 12.4 Å². The highest BCUT2D eigenvalue weighted by atomic mass is 16.4. The fourth-order valence-corrected chi connectivity index (χ4v) is 3.64. The molecule has 1 amide bonds. The van der Waals surface area contributed by atoms with Crippen molar-refractivity contribution in [2.75, 3.05) is 7.05 Å². The summed E-state index contributed by atoms with van der Waals surface area (Å²) in [5.41, 5.74) is -0.557. The maximum absolute atomic E-state index is 11.5. The molecule has 0 radical (unpaired) electrons. The molecule has 0 bridgehead atoms. The first-order chi connectivity index (χ1) is 8.05. The second kappa shape index (κ2) is 4.31. The topological polar surface area (TPSA) is 57.6 Å². The summed E-state index contributed by atoms with van der Waals surface area (Å²) < 4.78 is 0. The maximum Gasteiger partial charge on any atom is 0.329 e. The minimum Gasteiger partial charge on any atom is -0.479 e. The number of hydrogen-bond acceptors (Lipinski definition) is 2. The Morgan fingerprint density at radius 1 is 1.12 bits per heavy atom. The summed E-state index contributed by atoms with van der Waals surface area (Å²) in [6.45, 7) is 0. The Balaban J connectivity index is 2.12. The van der Waals surface area contributed by atoms with E-state index in [1.165, 1.54) is 30.6 Å². The maximum atomic E-state index is 11.5. The van der Waals surface area contributed by atoms with Gasteiger partial charge in [-0.3, -0.25) is 4.79 Å². The number of likely N-dealkylation sites (N-methyl/N-ethyl adjacent to an activating group) is 1. The van der Waals surface area contributed by atoms with Gasteiger partial charge in [-0.25, -0.2) is 4.79 Å². The predicted octanol–water partition coefficient (Wildman–Crippen LogP) is 2.03. The number of hydrogen-bond donors (Lipinski definition) is 1. The molecule has 0 aromatic rings. The van der Waals surface area contributed by atoms with Crippen LogP contribution in [0.1, 0.15) is 51.4 Å². The number of rotatable bonds is 3. The minimum atomic E-state index is -0.949. The van der Waals surface area contributed by atoms with Crippen LogP contribution in [-0.2, 0) is 9.59 Å². The van der Waals surface area contributed by atoms with Crippen molar-refractivity contribution in [1.82, 2.24) is 4.90 Å². The summed E-state index contributed by atoms with van der Waals surface area (Å²) in [5.74, 6) is -0.847. The van der Waals surface area contributed by atoms with Crippen molar-refractivity contribution in [3.63, 3.8) is 0 Å². The van der Waals surface area contributed by atoms with Crippen LogP contribution in [0.2, 0.25) is 0 Å². The molecule has 0 atom stereocenters. The third-order valence-corrected chi connectivity index (χ3v) is 5.03. The van der Waals surface area contributed by atoms with Gasteiger partial charge in [0.15, 0.2) is 0 Å². The molecule has 2 aliphatic rings. The van der Waals surface area contributed by atoms with Crippen LogP contribution in [0.25, 0.3) is 0 Å². The lowest BCUT2D eigenvalue weighted by molar-refractivity contribution is -0.158. The fourth-order valence-electron chi connectivity index (χ4n) is 3.64. The molecule has 0 saturated heterocycles. The van der Waals surface area contributed by atoms with Crippen LogP contribution in [0, 0.1) is 5.41 Å². The summed E-state index contributed by atoms with van der Waals surface area (Å²) >= 11 is 0. The normalized spacial score (nSPS) is 25.7. The molecule has 1 N–H and O–H groups in total. The van der Waals surface area contributed by atoms with Crippen LogP contribution in [0.15, 0.2) is 0 Å². The molecule has 0 aromatic heterocycles. The summed E-state index contributed by atoms with van der Waals surface area (Å²) in [5, 5.41) is 9.42. The minimum absolute atomic E-state index is 0.392. The average molecular weight is 239 g/mol. The Labute approximate surface area is 102 Å². The van der Waals surface area contributed by atoms with E-state index in [2.05, 4.69) is 0 Å². The molecule has 0 aromatic carbocycles. The monoisotopic (exact) mass is 239 g/mol. The van der Waals surface area contributed by atoms with E-state index in [0.29, 0.717) is 24.7 Å². The Bertz CT molecular complexity index is 311. The van der Waals surface area contributed by atoms with Crippen LogP contribution in [0.4, 0.5) is 0 Å². The third kappa shape index (κ3) is 1.94. The number of carboxylic acids is 1. The number of aliphatic carboxylic acids is 1. The Morgan fingerprint density at radius 3 is 2.06 bits per heavy atom. The second-order valence-corrected chi connectivity index (χ2v) is 5.76. The van der Waals surface area contributed by atoms with Gasteiger partial charge in [0.2, 0.25) is 6.41 Å². The van der Waals surface area contributed by atoms with Crippen molar-refractivity contribution in [2.45, 2.75) is 56.9 Å². The Kier molecular flexibility index (Phi) is 3.15. The molecule has 2 fully saturated rings. The summed E-state index contributed by atoms with van der Waals surface area (Å²) in [6, 6.07) is 0. The van der Waals surface area contributed by atoms with E-state index in [0.717, 1.165) is 12.8 Å². The Hall–Kier alpha value is -1.06. The lowest BCUT2D eigenvalue weighted by atomic mass is 9.66. The summed E-state index contributed by atoms with van der Waals surface area (Å²) in [7, 11) is 1.59. The largest absolute Gasteiger partial charge is 0.479 e. The van der Waals surface area contributed by atoms with E-state index in [1.54, 1.807) is 7.05 Å². The Morgan fingerprint density at radius 2 is 1.65 bits per heavy atom. The zero-order chi connectivity index (χ0) is 12.5. The molecule has 2 saturated carbocycles. The van der Waals surface area contributed by atoms with Gasteiger partial charge in [0.05, 0.1) is 0 Å². The lowest BCUT2D eigenvalue weighted by Gasteiger charge is -2.45. The fraction of sp³-hybridized carbons (Fsp3) is 0.846. The number of carboxylic acid groups (broad SMARTS) is 1. The first-order valence-corrected chi connectivity index (χ1v) is 6.46. The van der Waals surface area contributed by atoms with Crippen LogP contribution in [-0.4, -0.2) is 35.0 Å². The van der Waals surface area contributed by atoms with E-state index in [1.807, 2.05) is 0 Å². The molecule has 4 nitrogen and oxygen atoms in total. The van der Waals surface area contributed by atoms with Crippen LogP contribution < -0.4 is 0 Å². The first kappa shape index (κ1) is 12.4. The van der Waals surface area contributed by atoms with E-state index in [-0.39, 0.29) is 0 Å². The van der Waals surface area contributed by atoms with Crippen LogP contribution >= 0.6 is 0 Å². The van der Waals surface area contributed by atoms with Crippen molar-refractivity contribution < 1.29 is 14.7 Å². The van der Waals surface area contributed by atoms with Gasteiger partial charge in [0.25, 0.3) is 0 Å². The molecule has 17 heavy (non-hydrogen) atoms. The van der Waals surface area contributed by atoms with Gasteiger partial charge in [-0.1, -0.05) is 12.8 Å². The molecular formula is C13H21NO3. The van der Waals surface area contributed by atoms with Crippen molar-refractivity contribution in [3.8, 4) is 0 Å². The van der Waals surface area contributed by atoms with Gasteiger partial charge in [-0.05, 0) is 43.9 Å². The van der Waals surface area contributed by atoms with Gasteiger partial charge in [0, 0.05) is 7.05 Å². The number of carbonyl (C=O) groups excluding carboxylic acids is 1. The molecular weight excluding hydrogens is 218 g/mol. The van der Waals surface area contributed by atoms with Gasteiger partial charge in [-0.2, -0.15) is 0 Å². The molecule has 0 aliphatic heterocycles. The number of nitrogens with zero attached hydrogens (tertiary/aromatic N) is 1. The molecule has 2 rings (SSSR count). The highest BCUT2D eigenvalue weighted by molar-refractivity contribution is 5.81. The van der Waals surface area contributed by atoms with Gasteiger partial charge < -0.3 is 10.0 Å². The quantitative estimate of drug-likeness (QED) is 0.767. The SMILES string of the molecule is CN(C=O)C1(C(=O)O)CCC2(CCCC2)CC1. The van der Waals surface area contributed by atoms with Crippen molar-refractivity contribution in [1.29, 1.82) is 0 Å². The first-order valence-electron chi connectivity index (χ1n) is 6.46. The van der Waals surface area contributed by atoms with E-state index < -0.39 is 11.5 Å². The standard InChI is InChI=1S/C13H21NO3/c1-14(10-15)13(11(16)17)8-6-12(7-9-13)4-2-3-5-12/h10H,2-9H2,1H3,(H,16,17). The summed E-state index contributed by atoms with van der Waals surface area (Å²) in [6.07, 6.45) is 8.83. The predicted molar refractivity (Wildman–Crippen MR) is 63.6 cm³/mol. The van der Waals surface area contributed by atoms with Crippen LogP contribution in [0.3, 0.4) is 0 Å². The molecule has 0 heterocycles. The number of carbonyl (C=O) groups is 2. The highest BCUT2D eigenvalue weighted by Gasteiger charge is 2.50. The molecule has 0 unspecified atom stereocenters. The summed E-state index contributed by atoms with van der Waals surface area (Å²) in [4.78, 5) is 23.7. The lowest BCUT2D eigenvalue weighted by Crippen LogP contribution is -2.55. The van der Waals surface area contributed by atoms with Crippen LogP contribution in [0.5, 0.6) is 0 Å². The molecule has 2 aliphatic carbocycles. The zero-order valence-electron chi connectivity index (χ0n) is 10.4. The highest BCUT2D eigenvalue weighted by Crippen LogP contribution is 2.52. The molecule has 96 valence electrons. The smallest absolute Gasteiger partial charge is 0.329 e. The van der Waals surface area contributed by atoms with E-state index in [9.17, 15) is 14.7 Å². The van der Waals surface area contributed by atoms with Crippen molar-refractivity contribution in [2.24, 2.45) is 5.41 Å². The average Bonchev–Trinajstić information content (AvgIpc) is 2.78. The molecule has 1 spiro atoms. The van der Waals surface area contributed by atoms with Gasteiger partial charge in [-0.15, -0.1) is 0 Å². The second-order valence-electron chi connectivity index (χ2n) is 5.76. The van der Waals surface area contributed by atoms with Gasteiger partial charge >= 0.3 is 5.97 Å². The zero-order valence-corrected chi connectivity index (χ0v) is 10.4. The van der Waals surface area contributed by atoms with E-state index >= 15 is 0 Å².